The smallest absolute Gasteiger partial charge is 0.0870 e. The molecule has 0 aromatic heterocycles. The molecule has 0 saturated heterocycles. The lowest BCUT2D eigenvalue weighted by Crippen LogP contribution is -2.41. The van der Waals surface area contributed by atoms with Crippen molar-refractivity contribution in [3.05, 3.63) is 0 Å². The molecule has 1 rings (SSSR count). The summed E-state index contributed by atoms with van der Waals surface area (Å²) < 4.78 is 0. The van der Waals surface area contributed by atoms with E-state index >= 15 is 0 Å². The number of nitrogens with two attached hydrogens (primary N) is 1. The van der Waals surface area contributed by atoms with Gasteiger partial charge in [-0.25, -0.2) is 0 Å². The van der Waals surface area contributed by atoms with Crippen LogP contribution in [0.15, 0.2) is 0 Å². The van der Waals surface area contributed by atoms with E-state index in [0.29, 0.717) is 24.1 Å². The summed E-state index contributed by atoms with van der Waals surface area (Å²) in [5.41, 5.74) is 5.50. The Balaban J connectivity index is 2.39. The van der Waals surface area contributed by atoms with E-state index in [4.69, 9.17) is 23.1 Å². The zero-order chi connectivity index (χ0) is 9.68. The summed E-state index contributed by atoms with van der Waals surface area (Å²) in [5, 5.41) is 8.88. The number of aliphatic hydroxyl groups excluding tert-OH is 1. The molecule has 3 N–H and O–H groups in total. The molecule has 0 bridgehead atoms. The minimum atomic E-state index is 0.194. The van der Waals surface area contributed by atoms with Gasteiger partial charge in [-0.2, -0.15) is 0 Å². The molecule has 1 aliphatic rings. The molecule has 0 atom stereocenters. The number of rotatable bonds is 5. The fourth-order valence-corrected chi connectivity index (χ4v) is 2.15. The number of thiocarbonyl (C=S) groups is 1. The number of hydrogen-bond acceptors (Lipinski definition) is 3. The molecule has 0 amide bonds. The van der Waals surface area contributed by atoms with Crippen LogP contribution in [0.4, 0.5) is 0 Å². The molecule has 0 aromatic carbocycles. The molecular formula is C9H18N2OS. The number of hydrogen-bond donors (Lipinski definition) is 2. The average molecular weight is 202 g/mol. The van der Waals surface area contributed by atoms with Crippen molar-refractivity contribution in [2.45, 2.75) is 31.7 Å². The van der Waals surface area contributed by atoms with E-state index in [1.807, 2.05) is 0 Å². The lowest BCUT2D eigenvalue weighted by atomic mass is 10.2. The quantitative estimate of drug-likeness (QED) is 0.638. The van der Waals surface area contributed by atoms with Crippen molar-refractivity contribution in [2.75, 3.05) is 19.7 Å². The summed E-state index contributed by atoms with van der Waals surface area (Å²) in [6.07, 6.45) is 5.04. The normalized spacial score (nSPS) is 18.3. The zero-order valence-electron chi connectivity index (χ0n) is 7.91. The van der Waals surface area contributed by atoms with Gasteiger partial charge in [-0.1, -0.05) is 25.1 Å². The van der Waals surface area contributed by atoms with Crippen molar-refractivity contribution in [3.8, 4) is 0 Å². The Labute approximate surface area is 84.9 Å². The van der Waals surface area contributed by atoms with Gasteiger partial charge in [0.2, 0.25) is 0 Å². The van der Waals surface area contributed by atoms with Crippen LogP contribution in [-0.2, 0) is 0 Å². The second-order valence-electron chi connectivity index (χ2n) is 3.60. The number of aliphatic hydroxyl groups is 1. The predicted octanol–water partition coefficient (Wildman–Crippen LogP) is 0.509. The van der Waals surface area contributed by atoms with Crippen molar-refractivity contribution in [1.29, 1.82) is 0 Å². The van der Waals surface area contributed by atoms with Gasteiger partial charge in [0, 0.05) is 19.1 Å². The third kappa shape index (κ3) is 3.58. The van der Waals surface area contributed by atoms with Crippen LogP contribution in [-0.4, -0.2) is 40.7 Å². The summed E-state index contributed by atoms with van der Waals surface area (Å²) in [6.45, 7) is 1.54. The molecule has 4 heteroatoms. The van der Waals surface area contributed by atoms with Gasteiger partial charge >= 0.3 is 0 Å². The van der Waals surface area contributed by atoms with Crippen LogP contribution >= 0.6 is 12.2 Å². The van der Waals surface area contributed by atoms with E-state index in [0.717, 1.165) is 0 Å². The van der Waals surface area contributed by atoms with E-state index in [9.17, 15) is 0 Å². The highest BCUT2D eigenvalue weighted by atomic mass is 32.1. The molecule has 0 aliphatic heterocycles. The lowest BCUT2D eigenvalue weighted by Gasteiger charge is -2.27. The first-order chi connectivity index (χ1) is 6.24. The lowest BCUT2D eigenvalue weighted by molar-refractivity contribution is 0.170. The Hall–Kier alpha value is -0.190. The van der Waals surface area contributed by atoms with E-state index < -0.39 is 0 Å². The molecule has 1 saturated carbocycles. The third-order valence-corrected chi connectivity index (χ3v) is 2.72. The maximum absolute atomic E-state index is 8.88. The minimum Gasteiger partial charge on any atom is -0.395 e. The van der Waals surface area contributed by atoms with E-state index in [1.165, 1.54) is 25.7 Å². The molecule has 13 heavy (non-hydrogen) atoms. The van der Waals surface area contributed by atoms with Crippen LogP contribution in [0.2, 0.25) is 0 Å². The van der Waals surface area contributed by atoms with E-state index in [-0.39, 0.29) is 6.61 Å². The minimum absolute atomic E-state index is 0.194. The third-order valence-electron chi connectivity index (χ3n) is 2.59. The molecule has 0 aromatic rings. The standard InChI is InChI=1S/C9H18N2OS/c10-9(13)7-11(5-6-12)8-3-1-2-4-8/h8,12H,1-7H2,(H2,10,13). The summed E-state index contributed by atoms with van der Waals surface area (Å²) in [5.74, 6) is 0. The van der Waals surface area contributed by atoms with Crippen molar-refractivity contribution in [1.82, 2.24) is 4.90 Å². The first-order valence-electron chi connectivity index (χ1n) is 4.87. The van der Waals surface area contributed by atoms with Gasteiger partial charge in [0.1, 0.15) is 0 Å². The molecule has 0 heterocycles. The summed E-state index contributed by atoms with van der Waals surface area (Å²) in [4.78, 5) is 2.73. The van der Waals surface area contributed by atoms with Gasteiger partial charge in [-0.3, -0.25) is 4.90 Å². The van der Waals surface area contributed by atoms with Crippen molar-refractivity contribution >= 4 is 17.2 Å². The topological polar surface area (TPSA) is 49.5 Å². The Morgan fingerprint density at radius 3 is 2.54 bits per heavy atom. The first-order valence-corrected chi connectivity index (χ1v) is 5.28. The average Bonchev–Trinajstić information content (AvgIpc) is 2.54. The molecule has 0 radical (unpaired) electrons. The zero-order valence-corrected chi connectivity index (χ0v) is 8.72. The largest absolute Gasteiger partial charge is 0.395 e. The summed E-state index contributed by atoms with van der Waals surface area (Å²) >= 11 is 4.88. The molecule has 76 valence electrons. The van der Waals surface area contributed by atoms with E-state index in [2.05, 4.69) is 4.90 Å². The maximum atomic E-state index is 8.88. The molecule has 0 spiro atoms. The second-order valence-corrected chi connectivity index (χ2v) is 4.12. The van der Waals surface area contributed by atoms with Gasteiger partial charge in [0.25, 0.3) is 0 Å². The Bertz CT molecular complexity index is 169. The Morgan fingerprint density at radius 2 is 2.08 bits per heavy atom. The van der Waals surface area contributed by atoms with Crippen LogP contribution < -0.4 is 5.73 Å². The highest BCUT2D eigenvalue weighted by molar-refractivity contribution is 7.80. The van der Waals surface area contributed by atoms with Crippen molar-refractivity contribution in [2.24, 2.45) is 5.73 Å². The fourth-order valence-electron chi connectivity index (χ4n) is 1.99. The van der Waals surface area contributed by atoms with Crippen LogP contribution in [0.3, 0.4) is 0 Å². The summed E-state index contributed by atoms with van der Waals surface area (Å²) in [6, 6.07) is 0.591. The summed E-state index contributed by atoms with van der Waals surface area (Å²) in [7, 11) is 0. The van der Waals surface area contributed by atoms with Crippen LogP contribution in [0.25, 0.3) is 0 Å². The SMILES string of the molecule is NC(=S)CN(CCO)C1CCCC1. The molecular weight excluding hydrogens is 184 g/mol. The van der Waals surface area contributed by atoms with Gasteiger partial charge < -0.3 is 10.8 Å². The highest BCUT2D eigenvalue weighted by Crippen LogP contribution is 2.22. The van der Waals surface area contributed by atoms with Crippen LogP contribution in [0.5, 0.6) is 0 Å². The Morgan fingerprint density at radius 1 is 1.46 bits per heavy atom. The monoisotopic (exact) mass is 202 g/mol. The van der Waals surface area contributed by atoms with Gasteiger partial charge in [0.05, 0.1) is 11.6 Å². The Kier molecular flexibility index (Phi) is 4.62. The number of nitrogens with zero attached hydrogens (tertiary/aromatic N) is 1. The maximum Gasteiger partial charge on any atom is 0.0870 e. The predicted molar refractivity (Wildman–Crippen MR) is 57.7 cm³/mol. The van der Waals surface area contributed by atoms with Crippen molar-refractivity contribution < 1.29 is 5.11 Å². The van der Waals surface area contributed by atoms with E-state index in [1.54, 1.807) is 0 Å². The molecule has 1 fully saturated rings. The van der Waals surface area contributed by atoms with Gasteiger partial charge in [-0.05, 0) is 12.8 Å². The molecule has 1 aliphatic carbocycles. The molecule has 0 unspecified atom stereocenters. The van der Waals surface area contributed by atoms with Crippen LogP contribution in [0, 0.1) is 0 Å². The second kappa shape index (κ2) is 5.52. The van der Waals surface area contributed by atoms with Gasteiger partial charge in [-0.15, -0.1) is 0 Å². The fraction of sp³-hybridized carbons (Fsp3) is 0.889. The highest BCUT2D eigenvalue weighted by Gasteiger charge is 2.22. The van der Waals surface area contributed by atoms with Crippen molar-refractivity contribution in [3.63, 3.8) is 0 Å². The van der Waals surface area contributed by atoms with Gasteiger partial charge in [0.15, 0.2) is 0 Å². The molecule has 3 nitrogen and oxygen atoms in total. The van der Waals surface area contributed by atoms with Crippen LogP contribution in [0.1, 0.15) is 25.7 Å². The first kappa shape index (κ1) is 10.9.